The van der Waals surface area contributed by atoms with Gasteiger partial charge in [0, 0.05) is 33.4 Å². The summed E-state index contributed by atoms with van der Waals surface area (Å²) in [5.74, 6) is -6.85. The standard InChI is InChI=1S/3C8H12O4.Al.3H/c3*1-3-5(7(9)10)6(4-2)8(11)12;;;;/h3*3-4H2,1-2H3,(H,9,10)(H,11,12);;;;/b3*6-5-;;;;. The lowest BCUT2D eigenvalue weighted by Crippen LogP contribution is -2.10. The zero-order chi connectivity index (χ0) is 29.2. The van der Waals surface area contributed by atoms with Gasteiger partial charge in [-0.3, -0.25) is 0 Å². The van der Waals surface area contributed by atoms with Gasteiger partial charge in [0.2, 0.25) is 0 Å². The minimum absolute atomic E-state index is 0. The molecule has 0 aromatic rings. The van der Waals surface area contributed by atoms with Crippen molar-refractivity contribution in [3.8, 4) is 0 Å². The highest BCUT2D eigenvalue weighted by molar-refractivity contribution is 5.99. The Morgan fingerprint density at radius 1 is 0.324 bits per heavy atom. The maximum atomic E-state index is 10.5. The highest BCUT2D eigenvalue weighted by atomic mass is 27.0. The smallest absolute Gasteiger partial charge is 0.332 e. The fourth-order valence-electron chi connectivity index (χ4n) is 2.96. The van der Waals surface area contributed by atoms with Crippen LogP contribution >= 0.6 is 0 Å². The molecule has 0 saturated heterocycles. The van der Waals surface area contributed by atoms with Crippen LogP contribution in [0.2, 0.25) is 0 Å². The molecule has 0 fully saturated rings. The lowest BCUT2D eigenvalue weighted by Gasteiger charge is -2.03. The first-order valence-electron chi connectivity index (χ1n) is 11.2. The van der Waals surface area contributed by atoms with Gasteiger partial charge in [-0.1, -0.05) is 41.5 Å². The zero-order valence-corrected chi connectivity index (χ0v) is 21.4. The average molecular weight is 547 g/mol. The quantitative estimate of drug-likeness (QED) is 0.153. The average Bonchev–Trinajstić information content (AvgIpc) is 2.78. The number of rotatable bonds is 12. The third-order valence-corrected chi connectivity index (χ3v) is 4.76. The highest BCUT2D eigenvalue weighted by Crippen LogP contribution is 2.14. The largest absolute Gasteiger partial charge is 0.478 e. The summed E-state index contributed by atoms with van der Waals surface area (Å²) < 4.78 is 0. The molecule has 0 aliphatic heterocycles. The molecule has 210 valence electrons. The predicted molar refractivity (Wildman–Crippen MR) is 139 cm³/mol. The monoisotopic (exact) mass is 546 g/mol. The van der Waals surface area contributed by atoms with Gasteiger partial charge in [-0.05, 0) is 38.5 Å². The van der Waals surface area contributed by atoms with Crippen molar-refractivity contribution in [2.45, 2.75) is 80.1 Å². The summed E-state index contributed by atoms with van der Waals surface area (Å²) in [5, 5.41) is 51.6. The number of hydrogen-bond donors (Lipinski definition) is 6. The van der Waals surface area contributed by atoms with Gasteiger partial charge >= 0.3 is 35.8 Å². The number of carboxylic acid groups (broad SMARTS) is 6. The topological polar surface area (TPSA) is 224 Å². The van der Waals surface area contributed by atoms with Crippen molar-refractivity contribution in [3.05, 3.63) is 33.4 Å². The van der Waals surface area contributed by atoms with Crippen LogP contribution in [0.5, 0.6) is 0 Å². The SMILES string of the molecule is CC/C(C(=O)O)=C(\CC)C(=O)O.CC/C(C(=O)O)=C(\CC)C(=O)O.CC/C(C(=O)O)=C(\CC)C(=O)O.[AlH3]. The van der Waals surface area contributed by atoms with E-state index < -0.39 is 35.8 Å². The second-order valence-electron chi connectivity index (χ2n) is 6.82. The maximum absolute atomic E-state index is 10.5. The Morgan fingerprint density at radius 2 is 0.405 bits per heavy atom. The van der Waals surface area contributed by atoms with E-state index in [4.69, 9.17) is 30.6 Å². The van der Waals surface area contributed by atoms with E-state index in [2.05, 4.69) is 0 Å². The van der Waals surface area contributed by atoms with Crippen molar-refractivity contribution in [2.24, 2.45) is 0 Å². The van der Waals surface area contributed by atoms with E-state index in [1.165, 1.54) is 0 Å². The Morgan fingerprint density at radius 3 is 0.432 bits per heavy atom. The second kappa shape index (κ2) is 21.8. The molecule has 0 unspecified atom stereocenters. The van der Waals surface area contributed by atoms with Gasteiger partial charge in [0.1, 0.15) is 0 Å². The molecule has 37 heavy (non-hydrogen) atoms. The van der Waals surface area contributed by atoms with Gasteiger partial charge in [0.25, 0.3) is 0 Å². The molecule has 0 bridgehead atoms. The highest BCUT2D eigenvalue weighted by Gasteiger charge is 2.17. The number of hydrogen-bond acceptors (Lipinski definition) is 6. The molecule has 0 atom stereocenters. The van der Waals surface area contributed by atoms with Crippen LogP contribution in [-0.2, 0) is 28.8 Å². The molecule has 13 heteroatoms. The Balaban J connectivity index is -0.000000218. The van der Waals surface area contributed by atoms with Crippen LogP contribution in [0, 0.1) is 0 Å². The molecule has 0 aromatic carbocycles. The van der Waals surface area contributed by atoms with E-state index >= 15 is 0 Å². The third-order valence-electron chi connectivity index (χ3n) is 4.76. The molecule has 0 amide bonds. The fourth-order valence-corrected chi connectivity index (χ4v) is 2.96. The van der Waals surface area contributed by atoms with Crippen molar-refractivity contribution in [2.75, 3.05) is 0 Å². The molecule has 0 spiro atoms. The summed E-state index contributed by atoms with van der Waals surface area (Å²) in [4.78, 5) is 63.1. The minimum atomic E-state index is -1.14. The maximum Gasteiger partial charge on any atom is 0.332 e. The van der Waals surface area contributed by atoms with Crippen LogP contribution in [0.15, 0.2) is 33.4 Å². The van der Waals surface area contributed by atoms with Crippen LogP contribution in [0.3, 0.4) is 0 Å². The van der Waals surface area contributed by atoms with E-state index in [1.807, 2.05) is 0 Å². The van der Waals surface area contributed by atoms with Gasteiger partial charge < -0.3 is 30.6 Å². The first-order chi connectivity index (χ1) is 16.6. The van der Waals surface area contributed by atoms with E-state index in [-0.39, 0.29) is 89.3 Å². The normalized spacial score (nSPS) is 11.8. The summed E-state index contributed by atoms with van der Waals surface area (Å²) >= 11 is 0. The van der Waals surface area contributed by atoms with Crippen LogP contribution in [0.25, 0.3) is 0 Å². The number of aliphatic carboxylic acids is 6. The van der Waals surface area contributed by atoms with Gasteiger partial charge in [-0.2, -0.15) is 0 Å². The summed E-state index contributed by atoms with van der Waals surface area (Å²) in [7, 11) is 0. The molecular formula is C24H39AlO12. The molecule has 0 aliphatic rings. The zero-order valence-electron chi connectivity index (χ0n) is 21.4. The van der Waals surface area contributed by atoms with Gasteiger partial charge in [0.15, 0.2) is 17.4 Å². The predicted octanol–water partition coefficient (Wildman–Crippen LogP) is 2.63. The van der Waals surface area contributed by atoms with Crippen LogP contribution < -0.4 is 0 Å². The summed E-state index contributed by atoms with van der Waals surface area (Å²) in [6, 6.07) is 0. The van der Waals surface area contributed by atoms with Crippen molar-refractivity contribution < 1.29 is 59.4 Å². The van der Waals surface area contributed by atoms with Crippen LogP contribution in [-0.4, -0.2) is 83.8 Å². The second-order valence-corrected chi connectivity index (χ2v) is 6.82. The van der Waals surface area contributed by atoms with Gasteiger partial charge in [-0.15, -0.1) is 0 Å². The number of carboxylic acids is 6. The molecule has 0 aliphatic carbocycles. The summed E-state index contributed by atoms with van der Waals surface area (Å²) in [6.45, 7) is 9.76. The lowest BCUT2D eigenvalue weighted by atomic mass is 10.0. The Kier molecular flexibility index (Phi) is 24.0. The van der Waals surface area contributed by atoms with E-state index in [0.717, 1.165) is 0 Å². The first-order valence-corrected chi connectivity index (χ1v) is 11.2. The Bertz CT molecular complexity index is 735. The van der Waals surface area contributed by atoms with Crippen molar-refractivity contribution in [1.29, 1.82) is 0 Å². The summed E-state index contributed by atoms with van der Waals surface area (Å²) in [6.07, 6.45) is 1.45. The third kappa shape index (κ3) is 15.3. The Hall–Kier alpha value is -3.43. The van der Waals surface area contributed by atoms with Gasteiger partial charge in [-0.25, -0.2) is 28.8 Å². The molecular weight excluding hydrogens is 507 g/mol. The van der Waals surface area contributed by atoms with E-state index in [1.54, 1.807) is 41.5 Å². The van der Waals surface area contributed by atoms with Crippen molar-refractivity contribution in [3.63, 3.8) is 0 Å². The molecule has 0 heterocycles. The minimum Gasteiger partial charge on any atom is -0.478 e. The van der Waals surface area contributed by atoms with Gasteiger partial charge in [0.05, 0.1) is 0 Å². The molecule has 12 nitrogen and oxygen atoms in total. The molecule has 0 saturated carbocycles. The molecule has 0 rings (SSSR count). The van der Waals surface area contributed by atoms with Crippen LogP contribution in [0.1, 0.15) is 80.1 Å². The summed E-state index contributed by atoms with van der Waals surface area (Å²) in [5.41, 5.74) is -0.0556. The lowest BCUT2D eigenvalue weighted by molar-refractivity contribution is -0.136. The molecule has 0 aromatic heterocycles. The molecule has 0 radical (unpaired) electrons. The van der Waals surface area contributed by atoms with E-state index in [9.17, 15) is 28.8 Å². The molecule has 6 N–H and O–H groups in total. The van der Waals surface area contributed by atoms with Crippen molar-refractivity contribution in [1.82, 2.24) is 0 Å². The van der Waals surface area contributed by atoms with Crippen LogP contribution in [0.4, 0.5) is 0 Å². The Labute approximate surface area is 226 Å². The number of carbonyl (C=O) groups is 6. The first kappa shape index (κ1) is 40.7. The van der Waals surface area contributed by atoms with E-state index in [0.29, 0.717) is 0 Å². The van der Waals surface area contributed by atoms with Crippen molar-refractivity contribution >= 4 is 53.2 Å². The fraction of sp³-hybridized carbons (Fsp3) is 0.500.